The van der Waals surface area contributed by atoms with E-state index in [1.807, 2.05) is 19.2 Å². The molecule has 0 aliphatic heterocycles. The molecule has 0 amide bonds. The van der Waals surface area contributed by atoms with E-state index in [4.69, 9.17) is 5.11 Å². The number of aliphatic hydroxyl groups excluding tert-OH is 1. The van der Waals surface area contributed by atoms with Gasteiger partial charge >= 0.3 is 0 Å². The molecule has 3 heteroatoms. The standard InChI is InChI=1S/C12H20N2O/c1-10(2)14(7-8-15)9-12-5-4-6-13-11(12)3/h4-6,10,15H,7-9H2,1-3H3. The summed E-state index contributed by atoms with van der Waals surface area (Å²) in [6.45, 7) is 8.08. The van der Waals surface area contributed by atoms with Gasteiger partial charge in [-0.05, 0) is 32.4 Å². The first-order chi connectivity index (χ1) is 7.15. The molecule has 0 fully saturated rings. The van der Waals surface area contributed by atoms with Crippen molar-refractivity contribution in [2.75, 3.05) is 13.2 Å². The third-order valence-electron chi connectivity index (χ3n) is 2.61. The number of aryl methyl sites for hydroxylation is 1. The molecule has 0 aliphatic carbocycles. The fraction of sp³-hybridized carbons (Fsp3) is 0.583. The van der Waals surface area contributed by atoms with Crippen molar-refractivity contribution >= 4 is 0 Å². The molecule has 0 atom stereocenters. The van der Waals surface area contributed by atoms with Crippen molar-refractivity contribution in [1.82, 2.24) is 9.88 Å². The Morgan fingerprint density at radius 3 is 2.73 bits per heavy atom. The third kappa shape index (κ3) is 3.61. The summed E-state index contributed by atoms with van der Waals surface area (Å²) in [7, 11) is 0. The Labute approximate surface area is 91.8 Å². The van der Waals surface area contributed by atoms with Crippen molar-refractivity contribution in [3.05, 3.63) is 29.6 Å². The van der Waals surface area contributed by atoms with Crippen LogP contribution in [0.25, 0.3) is 0 Å². The van der Waals surface area contributed by atoms with E-state index >= 15 is 0 Å². The predicted molar refractivity (Wildman–Crippen MR) is 61.6 cm³/mol. The lowest BCUT2D eigenvalue weighted by atomic mass is 10.1. The van der Waals surface area contributed by atoms with Crippen LogP contribution < -0.4 is 0 Å². The van der Waals surface area contributed by atoms with Gasteiger partial charge in [-0.2, -0.15) is 0 Å². The molecular weight excluding hydrogens is 188 g/mol. The molecule has 0 unspecified atom stereocenters. The second-order valence-corrected chi connectivity index (χ2v) is 4.04. The molecular formula is C12H20N2O. The lowest BCUT2D eigenvalue weighted by Gasteiger charge is -2.25. The minimum absolute atomic E-state index is 0.206. The first-order valence-electron chi connectivity index (χ1n) is 5.40. The van der Waals surface area contributed by atoms with E-state index in [9.17, 15) is 0 Å². The summed E-state index contributed by atoms with van der Waals surface area (Å²) in [5.74, 6) is 0. The van der Waals surface area contributed by atoms with Gasteiger partial charge in [-0.1, -0.05) is 6.07 Å². The van der Waals surface area contributed by atoms with Crippen LogP contribution in [0.2, 0.25) is 0 Å². The molecule has 1 aromatic rings. The van der Waals surface area contributed by atoms with Gasteiger partial charge < -0.3 is 5.11 Å². The highest BCUT2D eigenvalue weighted by atomic mass is 16.3. The monoisotopic (exact) mass is 208 g/mol. The number of aliphatic hydroxyl groups is 1. The second kappa shape index (κ2) is 5.83. The van der Waals surface area contributed by atoms with Crippen molar-refractivity contribution in [3.8, 4) is 0 Å². The van der Waals surface area contributed by atoms with E-state index in [2.05, 4.69) is 29.8 Å². The molecule has 0 radical (unpaired) electrons. The van der Waals surface area contributed by atoms with Crippen LogP contribution in [-0.4, -0.2) is 34.2 Å². The van der Waals surface area contributed by atoms with E-state index in [1.165, 1.54) is 5.56 Å². The summed E-state index contributed by atoms with van der Waals surface area (Å²) in [4.78, 5) is 6.50. The van der Waals surface area contributed by atoms with E-state index in [1.54, 1.807) is 0 Å². The zero-order valence-corrected chi connectivity index (χ0v) is 9.77. The maximum absolute atomic E-state index is 8.98. The van der Waals surface area contributed by atoms with E-state index in [0.29, 0.717) is 12.6 Å². The van der Waals surface area contributed by atoms with Crippen LogP contribution in [0.15, 0.2) is 18.3 Å². The summed E-state index contributed by atoms with van der Waals surface area (Å²) < 4.78 is 0. The summed E-state index contributed by atoms with van der Waals surface area (Å²) >= 11 is 0. The average molecular weight is 208 g/mol. The molecule has 0 aromatic carbocycles. The Hall–Kier alpha value is -0.930. The quantitative estimate of drug-likeness (QED) is 0.798. The predicted octanol–water partition coefficient (Wildman–Crippen LogP) is 1.59. The molecule has 1 N–H and O–H groups in total. The van der Waals surface area contributed by atoms with Crippen molar-refractivity contribution < 1.29 is 5.11 Å². The van der Waals surface area contributed by atoms with E-state index in [0.717, 1.165) is 12.2 Å². The molecule has 0 spiro atoms. The fourth-order valence-corrected chi connectivity index (χ4v) is 1.55. The van der Waals surface area contributed by atoms with Gasteiger partial charge in [-0.3, -0.25) is 9.88 Å². The van der Waals surface area contributed by atoms with Crippen LogP contribution in [0, 0.1) is 6.92 Å². The van der Waals surface area contributed by atoms with Gasteiger partial charge in [0.15, 0.2) is 0 Å². The highest BCUT2D eigenvalue weighted by molar-refractivity contribution is 5.18. The molecule has 84 valence electrons. The second-order valence-electron chi connectivity index (χ2n) is 4.04. The lowest BCUT2D eigenvalue weighted by Crippen LogP contribution is -2.33. The Morgan fingerprint density at radius 1 is 1.47 bits per heavy atom. The number of aromatic nitrogens is 1. The Bertz CT molecular complexity index is 299. The lowest BCUT2D eigenvalue weighted by molar-refractivity contribution is 0.159. The van der Waals surface area contributed by atoms with Gasteiger partial charge in [-0.25, -0.2) is 0 Å². The van der Waals surface area contributed by atoms with Crippen molar-refractivity contribution in [3.63, 3.8) is 0 Å². The van der Waals surface area contributed by atoms with Crippen LogP contribution in [-0.2, 0) is 6.54 Å². The molecule has 15 heavy (non-hydrogen) atoms. The number of pyridine rings is 1. The zero-order chi connectivity index (χ0) is 11.3. The highest BCUT2D eigenvalue weighted by Crippen LogP contribution is 2.10. The largest absolute Gasteiger partial charge is 0.395 e. The SMILES string of the molecule is Cc1ncccc1CN(CCO)C(C)C. The molecule has 1 heterocycles. The summed E-state index contributed by atoms with van der Waals surface area (Å²) in [5.41, 5.74) is 2.31. The number of nitrogens with zero attached hydrogens (tertiary/aromatic N) is 2. The van der Waals surface area contributed by atoms with Crippen molar-refractivity contribution in [1.29, 1.82) is 0 Å². The Morgan fingerprint density at radius 2 is 2.20 bits per heavy atom. The van der Waals surface area contributed by atoms with Gasteiger partial charge in [0.1, 0.15) is 0 Å². The van der Waals surface area contributed by atoms with Crippen LogP contribution in [0.4, 0.5) is 0 Å². The Balaban J connectivity index is 2.69. The average Bonchev–Trinajstić information content (AvgIpc) is 2.20. The van der Waals surface area contributed by atoms with Gasteiger partial charge in [0.05, 0.1) is 6.61 Å². The fourth-order valence-electron chi connectivity index (χ4n) is 1.55. The minimum atomic E-state index is 0.206. The van der Waals surface area contributed by atoms with E-state index in [-0.39, 0.29) is 6.61 Å². The smallest absolute Gasteiger partial charge is 0.0558 e. The van der Waals surface area contributed by atoms with Crippen molar-refractivity contribution in [2.24, 2.45) is 0 Å². The first-order valence-corrected chi connectivity index (χ1v) is 5.40. The summed E-state index contributed by atoms with van der Waals surface area (Å²) in [5, 5.41) is 8.98. The zero-order valence-electron chi connectivity index (χ0n) is 9.77. The maximum Gasteiger partial charge on any atom is 0.0558 e. The number of rotatable bonds is 5. The molecule has 0 bridgehead atoms. The highest BCUT2D eigenvalue weighted by Gasteiger charge is 2.10. The number of hydrogen-bond donors (Lipinski definition) is 1. The molecule has 0 saturated heterocycles. The normalized spacial score (nSPS) is 11.3. The van der Waals surface area contributed by atoms with Gasteiger partial charge in [-0.15, -0.1) is 0 Å². The van der Waals surface area contributed by atoms with Gasteiger partial charge in [0, 0.05) is 31.0 Å². The van der Waals surface area contributed by atoms with Crippen LogP contribution in [0.1, 0.15) is 25.1 Å². The topological polar surface area (TPSA) is 36.4 Å². The maximum atomic E-state index is 8.98. The van der Waals surface area contributed by atoms with Crippen LogP contribution >= 0.6 is 0 Å². The van der Waals surface area contributed by atoms with Crippen LogP contribution in [0.5, 0.6) is 0 Å². The third-order valence-corrected chi connectivity index (χ3v) is 2.61. The van der Waals surface area contributed by atoms with Crippen molar-refractivity contribution in [2.45, 2.75) is 33.4 Å². The first kappa shape index (κ1) is 12.1. The molecule has 0 saturated carbocycles. The number of hydrogen-bond acceptors (Lipinski definition) is 3. The molecule has 0 aliphatic rings. The van der Waals surface area contributed by atoms with Gasteiger partial charge in [0.25, 0.3) is 0 Å². The summed E-state index contributed by atoms with van der Waals surface area (Å²) in [6, 6.07) is 4.49. The minimum Gasteiger partial charge on any atom is -0.395 e. The van der Waals surface area contributed by atoms with Crippen LogP contribution in [0.3, 0.4) is 0 Å². The Kier molecular flexibility index (Phi) is 4.72. The van der Waals surface area contributed by atoms with Gasteiger partial charge in [0.2, 0.25) is 0 Å². The molecule has 1 aromatic heterocycles. The molecule has 3 nitrogen and oxygen atoms in total. The summed E-state index contributed by atoms with van der Waals surface area (Å²) in [6.07, 6.45) is 1.81. The van der Waals surface area contributed by atoms with E-state index < -0.39 is 0 Å². The molecule has 1 rings (SSSR count).